The van der Waals surface area contributed by atoms with Crippen molar-refractivity contribution in [3.8, 4) is 5.75 Å². The molecule has 0 bridgehead atoms. The van der Waals surface area contributed by atoms with Gasteiger partial charge in [-0.25, -0.2) is 0 Å². The molecule has 1 aliphatic rings. The topological polar surface area (TPSA) is 61.8 Å². The molecule has 0 saturated carbocycles. The average molecular weight is 397 g/mol. The standard InChI is InChI=1S/C24H32N2O3/c1-18-5-10-23(19(2)15-18)29-17-24(28)11-4-13-26(14-12-24)16-21-6-8-22(9-7-21)25-20(3)27/h5-10,15,28H,4,11-14,16-17H2,1-3H3,(H,25,27)/t24-/m0/s1. The van der Waals surface area contributed by atoms with Crippen LogP contribution >= 0.6 is 0 Å². The van der Waals surface area contributed by atoms with E-state index in [-0.39, 0.29) is 5.91 Å². The van der Waals surface area contributed by atoms with Crippen LogP contribution in [0.2, 0.25) is 0 Å². The summed E-state index contributed by atoms with van der Waals surface area (Å²) in [6, 6.07) is 14.1. The van der Waals surface area contributed by atoms with Crippen molar-refractivity contribution in [2.75, 3.05) is 25.0 Å². The van der Waals surface area contributed by atoms with E-state index in [1.54, 1.807) is 0 Å². The summed E-state index contributed by atoms with van der Waals surface area (Å²) >= 11 is 0. The molecular formula is C24H32N2O3. The molecule has 156 valence electrons. The maximum absolute atomic E-state index is 11.1. The number of likely N-dealkylation sites (tertiary alicyclic amines) is 1. The molecule has 1 atom stereocenters. The van der Waals surface area contributed by atoms with Gasteiger partial charge in [0.05, 0.1) is 5.60 Å². The zero-order valence-electron chi connectivity index (χ0n) is 17.7. The third-order valence-electron chi connectivity index (χ3n) is 5.52. The quantitative estimate of drug-likeness (QED) is 0.773. The number of aryl methyl sites for hydroxylation is 2. The molecule has 1 heterocycles. The number of rotatable bonds is 6. The Bertz CT molecular complexity index is 835. The van der Waals surface area contributed by atoms with Crippen molar-refractivity contribution < 1.29 is 14.6 Å². The smallest absolute Gasteiger partial charge is 0.221 e. The van der Waals surface area contributed by atoms with E-state index in [9.17, 15) is 9.90 Å². The minimum atomic E-state index is -0.790. The number of anilines is 1. The molecule has 2 aromatic rings. The first-order valence-corrected chi connectivity index (χ1v) is 10.3. The summed E-state index contributed by atoms with van der Waals surface area (Å²) in [5.41, 5.74) is 3.54. The van der Waals surface area contributed by atoms with E-state index in [1.165, 1.54) is 18.1 Å². The minimum absolute atomic E-state index is 0.0624. The molecule has 5 heteroatoms. The van der Waals surface area contributed by atoms with Crippen LogP contribution in [0.5, 0.6) is 5.75 Å². The van der Waals surface area contributed by atoms with Gasteiger partial charge in [0.25, 0.3) is 0 Å². The van der Waals surface area contributed by atoms with Gasteiger partial charge in [-0.3, -0.25) is 9.69 Å². The van der Waals surface area contributed by atoms with Crippen LogP contribution in [-0.4, -0.2) is 41.2 Å². The van der Waals surface area contributed by atoms with Crippen molar-refractivity contribution in [1.82, 2.24) is 4.90 Å². The molecule has 1 aliphatic heterocycles. The van der Waals surface area contributed by atoms with Crippen molar-refractivity contribution in [2.24, 2.45) is 0 Å². The summed E-state index contributed by atoms with van der Waals surface area (Å²) in [5.74, 6) is 0.789. The largest absolute Gasteiger partial charge is 0.490 e. The van der Waals surface area contributed by atoms with Crippen molar-refractivity contribution >= 4 is 11.6 Å². The maximum atomic E-state index is 11.1. The average Bonchev–Trinajstić information content (AvgIpc) is 2.84. The molecule has 2 N–H and O–H groups in total. The van der Waals surface area contributed by atoms with E-state index in [1.807, 2.05) is 43.3 Å². The van der Waals surface area contributed by atoms with E-state index in [4.69, 9.17) is 4.74 Å². The fourth-order valence-corrected chi connectivity index (χ4v) is 3.87. The Balaban J connectivity index is 1.53. The van der Waals surface area contributed by atoms with Gasteiger partial charge in [0.2, 0.25) is 5.91 Å². The van der Waals surface area contributed by atoms with Gasteiger partial charge in [-0.15, -0.1) is 0 Å². The zero-order valence-corrected chi connectivity index (χ0v) is 17.7. The van der Waals surface area contributed by atoms with Crippen LogP contribution in [0.1, 0.15) is 42.9 Å². The zero-order chi connectivity index (χ0) is 20.9. The molecule has 3 rings (SSSR count). The summed E-state index contributed by atoms with van der Waals surface area (Å²) in [7, 11) is 0. The van der Waals surface area contributed by atoms with E-state index in [0.717, 1.165) is 49.5 Å². The highest BCUT2D eigenvalue weighted by molar-refractivity contribution is 5.88. The van der Waals surface area contributed by atoms with Gasteiger partial charge in [-0.05, 0) is 69.0 Å². The first-order chi connectivity index (χ1) is 13.8. The third-order valence-corrected chi connectivity index (χ3v) is 5.52. The molecule has 5 nitrogen and oxygen atoms in total. The van der Waals surface area contributed by atoms with Gasteiger partial charge in [-0.2, -0.15) is 0 Å². The number of nitrogens with one attached hydrogen (secondary N) is 1. The summed E-state index contributed by atoms with van der Waals surface area (Å²) in [5, 5.41) is 13.9. The van der Waals surface area contributed by atoms with Crippen molar-refractivity contribution in [3.05, 3.63) is 59.2 Å². The summed E-state index contributed by atoms with van der Waals surface area (Å²) < 4.78 is 5.99. The Hall–Kier alpha value is -2.37. The minimum Gasteiger partial charge on any atom is -0.490 e. The number of carbonyl (C=O) groups excluding carboxylic acids is 1. The Morgan fingerprint density at radius 2 is 1.90 bits per heavy atom. The van der Waals surface area contributed by atoms with Crippen LogP contribution in [0.4, 0.5) is 5.69 Å². The molecule has 0 aromatic heterocycles. The third kappa shape index (κ3) is 6.31. The first-order valence-electron chi connectivity index (χ1n) is 10.3. The second kappa shape index (κ2) is 9.42. The molecular weight excluding hydrogens is 364 g/mol. The van der Waals surface area contributed by atoms with Crippen LogP contribution in [0, 0.1) is 13.8 Å². The van der Waals surface area contributed by atoms with Crippen LogP contribution in [0.3, 0.4) is 0 Å². The molecule has 0 unspecified atom stereocenters. The summed E-state index contributed by atoms with van der Waals surface area (Å²) in [6.45, 7) is 8.58. The lowest BCUT2D eigenvalue weighted by Crippen LogP contribution is -2.37. The molecule has 2 aromatic carbocycles. The van der Waals surface area contributed by atoms with Crippen LogP contribution in [0.25, 0.3) is 0 Å². The number of carbonyl (C=O) groups is 1. The molecule has 1 saturated heterocycles. The Labute approximate surface area is 173 Å². The predicted octanol–water partition coefficient (Wildman–Crippen LogP) is 4.06. The number of hydrogen-bond donors (Lipinski definition) is 2. The van der Waals surface area contributed by atoms with E-state index in [2.05, 4.69) is 23.2 Å². The Kier molecular flexibility index (Phi) is 6.93. The summed E-state index contributed by atoms with van der Waals surface area (Å²) in [6.07, 6.45) is 2.38. The lowest BCUT2D eigenvalue weighted by atomic mass is 9.96. The first kappa shape index (κ1) is 21.3. The second-order valence-corrected chi connectivity index (χ2v) is 8.29. The number of amides is 1. The van der Waals surface area contributed by atoms with Gasteiger partial charge in [0.15, 0.2) is 0 Å². The molecule has 0 aliphatic carbocycles. The van der Waals surface area contributed by atoms with Crippen molar-refractivity contribution in [3.63, 3.8) is 0 Å². The number of benzene rings is 2. The number of hydrogen-bond acceptors (Lipinski definition) is 4. The lowest BCUT2D eigenvalue weighted by Gasteiger charge is -2.27. The maximum Gasteiger partial charge on any atom is 0.221 e. The van der Waals surface area contributed by atoms with Crippen LogP contribution in [0.15, 0.2) is 42.5 Å². The van der Waals surface area contributed by atoms with Crippen LogP contribution in [-0.2, 0) is 11.3 Å². The predicted molar refractivity (Wildman–Crippen MR) is 116 cm³/mol. The highest BCUT2D eigenvalue weighted by atomic mass is 16.5. The normalized spacial score (nSPS) is 20.1. The van der Waals surface area contributed by atoms with E-state index < -0.39 is 5.60 Å². The van der Waals surface area contributed by atoms with Gasteiger partial charge in [0.1, 0.15) is 12.4 Å². The second-order valence-electron chi connectivity index (χ2n) is 8.29. The van der Waals surface area contributed by atoms with Crippen molar-refractivity contribution in [2.45, 2.75) is 52.2 Å². The lowest BCUT2D eigenvalue weighted by molar-refractivity contribution is -0.114. The molecule has 29 heavy (non-hydrogen) atoms. The Morgan fingerprint density at radius 1 is 1.14 bits per heavy atom. The number of aliphatic hydroxyl groups is 1. The fourth-order valence-electron chi connectivity index (χ4n) is 3.87. The Morgan fingerprint density at radius 3 is 2.59 bits per heavy atom. The van der Waals surface area contributed by atoms with Crippen molar-refractivity contribution in [1.29, 1.82) is 0 Å². The molecule has 0 spiro atoms. The van der Waals surface area contributed by atoms with E-state index in [0.29, 0.717) is 13.0 Å². The van der Waals surface area contributed by atoms with Gasteiger partial charge in [0, 0.05) is 25.7 Å². The highest BCUT2D eigenvalue weighted by Gasteiger charge is 2.31. The number of nitrogens with zero attached hydrogens (tertiary/aromatic N) is 1. The van der Waals surface area contributed by atoms with Gasteiger partial charge >= 0.3 is 0 Å². The highest BCUT2D eigenvalue weighted by Crippen LogP contribution is 2.26. The van der Waals surface area contributed by atoms with Crippen LogP contribution < -0.4 is 10.1 Å². The number of ether oxygens (including phenoxy) is 1. The van der Waals surface area contributed by atoms with E-state index >= 15 is 0 Å². The molecule has 1 fully saturated rings. The molecule has 0 radical (unpaired) electrons. The van der Waals surface area contributed by atoms with Gasteiger partial charge in [-0.1, -0.05) is 29.8 Å². The monoisotopic (exact) mass is 396 g/mol. The molecule has 1 amide bonds. The fraction of sp³-hybridized carbons (Fsp3) is 0.458. The van der Waals surface area contributed by atoms with Gasteiger partial charge < -0.3 is 15.2 Å². The SMILES string of the molecule is CC(=O)Nc1ccc(CN2CCC[C@@](O)(COc3ccc(C)cc3C)CC2)cc1. The summed E-state index contributed by atoms with van der Waals surface area (Å²) in [4.78, 5) is 13.5.